The summed E-state index contributed by atoms with van der Waals surface area (Å²) in [6.45, 7) is 0. The van der Waals surface area contributed by atoms with Crippen LogP contribution in [0.2, 0.25) is 0 Å². The van der Waals surface area contributed by atoms with E-state index >= 15 is 0 Å². The molecule has 2 aromatic rings. The number of rotatable bonds is 1. The van der Waals surface area contributed by atoms with Gasteiger partial charge in [-0.2, -0.15) is 0 Å². The van der Waals surface area contributed by atoms with E-state index in [2.05, 4.69) is 9.97 Å². The zero-order valence-electron chi connectivity index (χ0n) is 7.01. The Balaban J connectivity index is 2.30. The number of aliphatic hydroxyl groups is 1. The summed E-state index contributed by atoms with van der Waals surface area (Å²) in [5, 5.41) is 9.91. The molecule has 4 nitrogen and oxygen atoms in total. The minimum absolute atomic E-state index is 0.624. The van der Waals surface area contributed by atoms with Crippen LogP contribution >= 0.6 is 0 Å². The summed E-state index contributed by atoms with van der Waals surface area (Å²) in [6.07, 6.45) is 8.61. The molecule has 0 bridgehead atoms. The minimum Gasteiger partial charge on any atom is -0.384 e. The summed E-state index contributed by atoms with van der Waals surface area (Å²) in [7, 11) is 0. The van der Waals surface area contributed by atoms with Crippen LogP contribution in [0.4, 0.5) is 0 Å². The molecular weight excluding hydrogens is 166 g/mol. The third-order valence-electron chi connectivity index (χ3n) is 2.52. The number of imidazole rings is 1. The van der Waals surface area contributed by atoms with Gasteiger partial charge in [-0.3, -0.25) is 9.38 Å². The first-order valence-corrected chi connectivity index (χ1v) is 4.30. The van der Waals surface area contributed by atoms with Crippen molar-refractivity contribution in [1.82, 2.24) is 14.4 Å². The van der Waals surface area contributed by atoms with E-state index in [9.17, 15) is 5.11 Å². The molecule has 3 rings (SSSR count). The number of hydrogen-bond donors (Lipinski definition) is 1. The first-order chi connectivity index (χ1) is 6.30. The number of nitrogens with zero attached hydrogens (tertiary/aromatic N) is 3. The van der Waals surface area contributed by atoms with Gasteiger partial charge in [0.05, 0.1) is 18.1 Å². The number of fused-ring (bicyclic) bond motifs is 1. The van der Waals surface area contributed by atoms with Crippen molar-refractivity contribution >= 4 is 5.65 Å². The van der Waals surface area contributed by atoms with Gasteiger partial charge >= 0.3 is 0 Å². The fourth-order valence-electron chi connectivity index (χ4n) is 1.56. The van der Waals surface area contributed by atoms with E-state index < -0.39 is 5.60 Å². The minimum atomic E-state index is -0.624. The van der Waals surface area contributed by atoms with Gasteiger partial charge in [-0.1, -0.05) is 0 Å². The second-order valence-corrected chi connectivity index (χ2v) is 3.48. The van der Waals surface area contributed by atoms with E-state index in [-0.39, 0.29) is 0 Å². The highest BCUT2D eigenvalue weighted by Gasteiger charge is 2.44. The average molecular weight is 175 g/mol. The van der Waals surface area contributed by atoms with Crippen molar-refractivity contribution in [2.75, 3.05) is 0 Å². The van der Waals surface area contributed by atoms with Crippen LogP contribution in [0.15, 0.2) is 24.8 Å². The molecule has 0 atom stereocenters. The van der Waals surface area contributed by atoms with Crippen LogP contribution in [-0.2, 0) is 5.60 Å². The van der Waals surface area contributed by atoms with Crippen molar-refractivity contribution in [1.29, 1.82) is 0 Å². The first-order valence-electron chi connectivity index (χ1n) is 4.30. The van der Waals surface area contributed by atoms with E-state index in [0.29, 0.717) is 0 Å². The second kappa shape index (κ2) is 2.09. The van der Waals surface area contributed by atoms with Crippen molar-refractivity contribution in [3.63, 3.8) is 0 Å². The molecule has 0 aliphatic heterocycles. The van der Waals surface area contributed by atoms with Crippen LogP contribution in [0.25, 0.3) is 5.65 Å². The lowest BCUT2D eigenvalue weighted by Crippen LogP contribution is -2.07. The summed E-state index contributed by atoms with van der Waals surface area (Å²) in [5.41, 5.74) is 1.04. The van der Waals surface area contributed by atoms with Gasteiger partial charge in [0, 0.05) is 12.4 Å². The summed E-state index contributed by atoms with van der Waals surface area (Å²) in [6, 6.07) is 0. The highest BCUT2D eigenvalue weighted by Crippen LogP contribution is 2.44. The normalized spacial score (nSPS) is 19.2. The summed E-state index contributed by atoms with van der Waals surface area (Å²) >= 11 is 0. The maximum atomic E-state index is 9.91. The summed E-state index contributed by atoms with van der Waals surface area (Å²) in [5.74, 6) is 0. The van der Waals surface area contributed by atoms with E-state index in [1.54, 1.807) is 18.6 Å². The highest BCUT2D eigenvalue weighted by atomic mass is 16.3. The molecule has 13 heavy (non-hydrogen) atoms. The molecule has 0 amide bonds. The standard InChI is InChI=1S/C9H9N3O/c13-9(1-2-9)7-5-11-8-6-10-3-4-12(7)8/h3-6,13H,1-2H2. The van der Waals surface area contributed by atoms with Crippen molar-refractivity contribution in [3.05, 3.63) is 30.5 Å². The molecule has 4 heteroatoms. The zero-order valence-corrected chi connectivity index (χ0v) is 7.01. The van der Waals surface area contributed by atoms with Crippen molar-refractivity contribution in [2.45, 2.75) is 18.4 Å². The molecule has 2 heterocycles. The molecule has 1 N–H and O–H groups in total. The van der Waals surface area contributed by atoms with Crippen LogP contribution < -0.4 is 0 Å². The molecule has 2 aromatic heterocycles. The smallest absolute Gasteiger partial charge is 0.155 e. The van der Waals surface area contributed by atoms with E-state index in [0.717, 1.165) is 24.2 Å². The van der Waals surface area contributed by atoms with Crippen molar-refractivity contribution < 1.29 is 5.11 Å². The number of hydrogen-bond acceptors (Lipinski definition) is 3. The van der Waals surface area contributed by atoms with E-state index in [4.69, 9.17) is 0 Å². The van der Waals surface area contributed by atoms with E-state index in [1.165, 1.54) is 0 Å². The Morgan fingerprint density at radius 2 is 2.23 bits per heavy atom. The average Bonchev–Trinajstić information content (AvgIpc) is 2.76. The highest BCUT2D eigenvalue weighted by molar-refractivity contribution is 5.39. The largest absolute Gasteiger partial charge is 0.384 e. The maximum Gasteiger partial charge on any atom is 0.155 e. The molecule has 0 spiro atoms. The van der Waals surface area contributed by atoms with Crippen molar-refractivity contribution in [2.24, 2.45) is 0 Å². The molecule has 1 fully saturated rings. The molecule has 0 unspecified atom stereocenters. The predicted molar refractivity (Wildman–Crippen MR) is 46.1 cm³/mol. The van der Waals surface area contributed by atoms with Gasteiger partial charge in [0.25, 0.3) is 0 Å². The Morgan fingerprint density at radius 3 is 3.00 bits per heavy atom. The zero-order chi connectivity index (χ0) is 8.89. The maximum absolute atomic E-state index is 9.91. The van der Waals surface area contributed by atoms with Gasteiger partial charge in [0.15, 0.2) is 5.65 Å². The Morgan fingerprint density at radius 1 is 1.38 bits per heavy atom. The third-order valence-corrected chi connectivity index (χ3v) is 2.52. The summed E-state index contributed by atoms with van der Waals surface area (Å²) < 4.78 is 1.89. The van der Waals surface area contributed by atoms with Gasteiger partial charge in [0.2, 0.25) is 0 Å². The van der Waals surface area contributed by atoms with Gasteiger partial charge in [-0.25, -0.2) is 4.98 Å². The lowest BCUT2D eigenvalue weighted by molar-refractivity contribution is 0.145. The monoisotopic (exact) mass is 175 g/mol. The van der Waals surface area contributed by atoms with Gasteiger partial charge in [-0.05, 0) is 12.8 Å². The van der Waals surface area contributed by atoms with E-state index in [1.807, 2.05) is 10.6 Å². The molecule has 1 saturated carbocycles. The van der Waals surface area contributed by atoms with Gasteiger partial charge in [0.1, 0.15) is 5.60 Å². The van der Waals surface area contributed by atoms with Gasteiger partial charge in [-0.15, -0.1) is 0 Å². The fraction of sp³-hybridized carbons (Fsp3) is 0.333. The van der Waals surface area contributed by atoms with Crippen molar-refractivity contribution in [3.8, 4) is 0 Å². The van der Waals surface area contributed by atoms with Crippen LogP contribution in [-0.4, -0.2) is 19.5 Å². The van der Waals surface area contributed by atoms with Crippen LogP contribution in [0.5, 0.6) is 0 Å². The predicted octanol–water partition coefficient (Wildman–Crippen LogP) is 0.711. The fourth-order valence-corrected chi connectivity index (χ4v) is 1.56. The Kier molecular flexibility index (Phi) is 1.13. The quantitative estimate of drug-likeness (QED) is 0.694. The summed E-state index contributed by atoms with van der Waals surface area (Å²) in [4.78, 5) is 8.13. The number of aromatic nitrogens is 3. The SMILES string of the molecule is OC1(c2cnc3cnccn23)CC1. The third kappa shape index (κ3) is 0.890. The Bertz CT molecular complexity index is 459. The molecule has 0 aromatic carbocycles. The van der Waals surface area contributed by atoms with Crippen LogP contribution in [0.3, 0.4) is 0 Å². The molecule has 0 saturated heterocycles. The second-order valence-electron chi connectivity index (χ2n) is 3.48. The molecule has 0 radical (unpaired) electrons. The Labute approximate surface area is 74.9 Å². The lowest BCUT2D eigenvalue weighted by atomic mass is 10.2. The lowest BCUT2D eigenvalue weighted by Gasteiger charge is -2.05. The first kappa shape index (κ1) is 7.03. The molecule has 1 aliphatic rings. The van der Waals surface area contributed by atoms with Gasteiger partial charge < -0.3 is 5.11 Å². The Hall–Kier alpha value is -1.42. The molecule has 66 valence electrons. The topological polar surface area (TPSA) is 50.4 Å². The molecular formula is C9H9N3O. The van der Waals surface area contributed by atoms with Crippen LogP contribution in [0, 0.1) is 0 Å². The molecule has 1 aliphatic carbocycles. The van der Waals surface area contributed by atoms with Crippen LogP contribution in [0.1, 0.15) is 18.5 Å².